The minimum Gasteiger partial charge on any atom is -0.364 e. The molecule has 0 bridgehead atoms. The maximum atomic E-state index is 12.6. The lowest BCUT2D eigenvalue weighted by molar-refractivity contribution is -0.115. The third-order valence-corrected chi connectivity index (χ3v) is 7.25. The molecule has 0 spiro atoms. The van der Waals surface area contributed by atoms with Gasteiger partial charge in [0.1, 0.15) is 0 Å². The number of carbonyl (C=O) groups excluding carboxylic acids is 1. The molecule has 1 saturated heterocycles. The number of aliphatic imine (C=N–C) groups is 1. The fourth-order valence-corrected chi connectivity index (χ4v) is 5.93. The van der Waals surface area contributed by atoms with Gasteiger partial charge in [0, 0.05) is 17.3 Å². The van der Waals surface area contributed by atoms with E-state index in [1.165, 1.54) is 28.6 Å². The van der Waals surface area contributed by atoms with E-state index in [0.717, 1.165) is 24.1 Å². The molecule has 2 aromatic rings. The molecule has 2 aliphatic heterocycles. The van der Waals surface area contributed by atoms with Crippen molar-refractivity contribution in [1.82, 2.24) is 5.32 Å². The van der Waals surface area contributed by atoms with E-state index < -0.39 is 0 Å². The summed E-state index contributed by atoms with van der Waals surface area (Å²) in [6, 6.07) is 15.2. The van der Waals surface area contributed by atoms with Crippen molar-refractivity contribution in [3.05, 3.63) is 64.1 Å². The predicted molar refractivity (Wildman–Crippen MR) is 138 cm³/mol. The van der Waals surface area contributed by atoms with Crippen LogP contribution in [-0.4, -0.2) is 22.7 Å². The van der Waals surface area contributed by atoms with Crippen LogP contribution in [0.25, 0.3) is 6.08 Å². The Kier molecular flexibility index (Phi) is 6.22. The highest BCUT2D eigenvalue weighted by Gasteiger charge is 2.37. The number of rotatable bonds is 4. The van der Waals surface area contributed by atoms with Crippen molar-refractivity contribution in [2.75, 3.05) is 4.90 Å². The first kappa shape index (κ1) is 22.7. The van der Waals surface area contributed by atoms with Gasteiger partial charge in [-0.15, -0.1) is 0 Å². The van der Waals surface area contributed by atoms with Gasteiger partial charge in [-0.05, 0) is 105 Å². The number of anilines is 1. The van der Waals surface area contributed by atoms with Crippen LogP contribution in [0.4, 0.5) is 11.4 Å². The monoisotopic (exact) mass is 447 g/mol. The summed E-state index contributed by atoms with van der Waals surface area (Å²) in [4.78, 5) is 20.4. The molecule has 2 heterocycles. The molecule has 0 unspecified atom stereocenters. The lowest BCUT2D eigenvalue weighted by Gasteiger charge is -2.50. The number of hydrogen-bond donors (Lipinski definition) is 1. The molecule has 0 aromatic heterocycles. The summed E-state index contributed by atoms with van der Waals surface area (Å²) in [6.45, 7) is 13.6. The molecular weight excluding hydrogens is 414 g/mol. The zero-order valence-electron chi connectivity index (χ0n) is 19.9. The molecule has 4 rings (SSSR count). The minimum atomic E-state index is -0.0883. The van der Waals surface area contributed by atoms with Crippen molar-refractivity contribution in [2.45, 2.75) is 71.9 Å². The Morgan fingerprint density at radius 1 is 1.22 bits per heavy atom. The van der Waals surface area contributed by atoms with Crippen LogP contribution in [0.5, 0.6) is 0 Å². The Bertz CT molecular complexity index is 1080. The van der Waals surface area contributed by atoms with Gasteiger partial charge in [-0.3, -0.25) is 4.79 Å². The quantitative estimate of drug-likeness (QED) is 0.534. The first-order valence-corrected chi connectivity index (χ1v) is 12.3. The van der Waals surface area contributed by atoms with Gasteiger partial charge in [-0.2, -0.15) is 0 Å². The fourth-order valence-electron chi connectivity index (χ4n) is 5.09. The van der Waals surface area contributed by atoms with Gasteiger partial charge in [0.05, 0.1) is 10.6 Å². The summed E-state index contributed by atoms with van der Waals surface area (Å²) in [5, 5.41) is 3.53. The van der Waals surface area contributed by atoms with E-state index in [1.54, 1.807) is 0 Å². The molecular formula is C27H33N3OS. The number of nitrogens with one attached hydrogen (secondary N) is 1. The molecule has 2 aromatic carbocycles. The van der Waals surface area contributed by atoms with Crippen LogP contribution in [-0.2, 0) is 11.2 Å². The highest BCUT2D eigenvalue weighted by Crippen LogP contribution is 2.45. The molecule has 168 valence electrons. The first-order valence-electron chi connectivity index (χ1n) is 11.5. The van der Waals surface area contributed by atoms with E-state index in [9.17, 15) is 4.79 Å². The van der Waals surface area contributed by atoms with Crippen molar-refractivity contribution in [3.8, 4) is 0 Å². The van der Waals surface area contributed by atoms with E-state index in [2.05, 4.69) is 87.1 Å². The SMILES string of the molecule is CCc1ccc(N=C2NC(=O)/C(=C/c3ccc4c(c3)[C@H](C)CC(C)(C)N4C(C)C)S2)cc1. The lowest BCUT2D eigenvalue weighted by atomic mass is 9.79. The van der Waals surface area contributed by atoms with Crippen molar-refractivity contribution >= 4 is 40.3 Å². The Labute approximate surface area is 196 Å². The standard InChI is InChI=1S/C27H33N3OS/c1-7-19-8-11-21(12-9-19)28-26-29-25(31)24(32-26)15-20-10-13-23-22(14-20)18(4)16-27(5,6)30(23)17(2)3/h8-15,17-18H,7,16H2,1-6H3,(H,28,29,31)/b24-15-/t18-/m1/s1. The number of carbonyl (C=O) groups is 1. The van der Waals surface area contributed by atoms with Gasteiger partial charge in [0.15, 0.2) is 5.17 Å². The van der Waals surface area contributed by atoms with Crippen LogP contribution in [0.15, 0.2) is 52.4 Å². The molecule has 4 nitrogen and oxygen atoms in total. The number of fused-ring (bicyclic) bond motifs is 1. The molecule has 0 saturated carbocycles. The van der Waals surface area contributed by atoms with Crippen molar-refractivity contribution in [1.29, 1.82) is 0 Å². The van der Waals surface area contributed by atoms with Gasteiger partial charge in [0.2, 0.25) is 0 Å². The highest BCUT2D eigenvalue weighted by molar-refractivity contribution is 8.18. The normalized spacial score (nSPS) is 22.5. The summed E-state index contributed by atoms with van der Waals surface area (Å²) in [5.41, 5.74) is 5.99. The first-order chi connectivity index (χ1) is 15.2. The van der Waals surface area contributed by atoms with Gasteiger partial charge in [-0.25, -0.2) is 4.99 Å². The molecule has 1 N–H and O–H groups in total. The van der Waals surface area contributed by atoms with E-state index in [0.29, 0.717) is 22.0 Å². The number of thioether (sulfide) groups is 1. The summed E-state index contributed by atoms with van der Waals surface area (Å²) >= 11 is 1.40. The summed E-state index contributed by atoms with van der Waals surface area (Å²) in [5.74, 6) is 0.385. The van der Waals surface area contributed by atoms with Crippen LogP contribution >= 0.6 is 11.8 Å². The number of amidine groups is 1. The van der Waals surface area contributed by atoms with E-state index in [-0.39, 0.29) is 11.4 Å². The predicted octanol–water partition coefficient (Wildman–Crippen LogP) is 6.64. The second-order valence-electron chi connectivity index (χ2n) is 9.70. The van der Waals surface area contributed by atoms with E-state index in [1.807, 2.05) is 18.2 Å². The van der Waals surface area contributed by atoms with Gasteiger partial charge < -0.3 is 10.2 Å². The number of aryl methyl sites for hydroxylation is 1. The van der Waals surface area contributed by atoms with Crippen LogP contribution < -0.4 is 10.2 Å². The Balaban J connectivity index is 1.60. The third-order valence-electron chi connectivity index (χ3n) is 6.34. The molecule has 0 radical (unpaired) electrons. The number of benzene rings is 2. The molecule has 0 aliphatic carbocycles. The largest absolute Gasteiger partial charge is 0.364 e. The molecule has 2 aliphatic rings. The zero-order chi connectivity index (χ0) is 23.0. The van der Waals surface area contributed by atoms with E-state index in [4.69, 9.17) is 0 Å². The van der Waals surface area contributed by atoms with Gasteiger partial charge in [0.25, 0.3) is 5.91 Å². The maximum Gasteiger partial charge on any atom is 0.264 e. The second kappa shape index (κ2) is 8.78. The van der Waals surface area contributed by atoms with Crippen molar-refractivity contribution in [2.24, 2.45) is 4.99 Å². The second-order valence-corrected chi connectivity index (χ2v) is 10.7. The average molecular weight is 448 g/mol. The fraction of sp³-hybridized carbons (Fsp3) is 0.407. The Morgan fingerprint density at radius 2 is 1.94 bits per heavy atom. The number of hydrogen-bond acceptors (Lipinski definition) is 4. The number of amides is 1. The van der Waals surface area contributed by atoms with Crippen LogP contribution in [0.1, 0.15) is 70.6 Å². The maximum absolute atomic E-state index is 12.6. The van der Waals surface area contributed by atoms with E-state index >= 15 is 0 Å². The topological polar surface area (TPSA) is 44.7 Å². The smallest absolute Gasteiger partial charge is 0.264 e. The summed E-state index contributed by atoms with van der Waals surface area (Å²) in [7, 11) is 0. The molecule has 1 atom stereocenters. The average Bonchev–Trinajstić information content (AvgIpc) is 3.06. The number of nitrogens with zero attached hydrogens (tertiary/aromatic N) is 2. The molecule has 1 fully saturated rings. The van der Waals surface area contributed by atoms with Crippen molar-refractivity contribution < 1.29 is 4.79 Å². The summed E-state index contributed by atoms with van der Waals surface area (Å²) in [6.07, 6.45) is 4.09. The minimum absolute atomic E-state index is 0.0883. The van der Waals surface area contributed by atoms with Gasteiger partial charge in [-0.1, -0.05) is 32.0 Å². The van der Waals surface area contributed by atoms with Gasteiger partial charge >= 0.3 is 0 Å². The van der Waals surface area contributed by atoms with Crippen LogP contribution in [0, 0.1) is 0 Å². The molecule has 32 heavy (non-hydrogen) atoms. The van der Waals surface area contributed by atoms with Crippen LogP contribution in [0.3, 0.4) is 0 Å². The van der Waals surface area contributed by atoms with Crippen molar-refractivity contribution in [3.63, 3.8) is 0 Å². The highest BCUT2D eigenvalue weighted by atomic mass is 32.2. The molecule has 5 heteroatoms. The lowest BCUT2D eigenvalue weighted by Crippen LogP contribution is -2.51. The molecule has 1 amide bonds. The zero-order valence-corrected chi connectivity index (χ0v) is 20.7. The third kappa shape index (κ3) is 4.49. The van der Waals surface area contributed by atoms with Crippen LogP contribution in [0.2, 0.25) is 0 Å². The summed E-state index contributed by atoms with van der Waals surface area (Å²) < 4.78 is 0. The Hall–Kier alpha value is -2.53. The Morgan fingerprint density at radius 3 is 2.59 bits per heavy atom.